The fraction of sp³-hybridized carbons (Fsp3) is 0.136. The Balaban J connectivity index is 1.61. The van der Waals surface area contributed by atoms with E-state index in [2.05, 4.69) is 20.9 Å². The third-order valence-corrected chi connectivity index (χ3v) is 6.47. The molecule has 2 aromatic carbocycles. The maximum absolute atomic E-state index is 13.3. The third kappa shape index (κ3) is 4.06. The minimum atomic E-state index is -0.340. The quantitative estimate of drug-likeness (QED) is 0.412. The van der Waals surface area contributed by atoms with Crippen molar-refractivity contribution in [3.05, 3.63) is 86.4 Å². The van der Waals surface area contributed by atoms with Gasteiger partial charge in [0.25, 0.3) is 5.56 Å². The zero-order valence-corrected chi connectivity index (χ0v) is 18.4. The summed E-state index contributed by atoms with van der Waals surface area (Å²) in [6, 6.07) is 13.7. The van der Waals surface area contributed by atoms with Crippen molar-refractivity contribution in [2.75, 3.05) is 7.05 Å². The standard InChI is InChI=1S/C22H17BrFN3O2S/c1-26(10-15-4-2-3-5-18(15)23)19(28)11-27-13-25-21-20(22(27)29)17(12-30-21)14-6-8-16(24)9-7-14/h2-9,12-13H,10-11H2,1H3. The number of rotatable bonds is 5. The predicted octanol–water partition coefficient (Wildman–Crippen LogP) is 4.69. The van der Waals surface area contributed by atoms with E-state index in [1.807, 2.05) is 29.6 Å². The number of thiophene rings is 1. The normalized spacial score (nSPS) is 11.0. The number of halogens is 2. The Hall–Kier alpha value is -2.84. The summed E-state index contributed by atoms with van der Waals surface area (Å²) in [4.78, 5) is 32.3. The highest BCUT2D eigenvalue weighted by Crippen LogP contribution is 2.30. The van der Waals surface area contributed by atoms with E-state index in [0.717, 1.165) is 15.6 Å². The van der Waals surface area contributed by atoms with Gasteiger partial charge < -0.3 is 4.90 Å². The van der Waals surface area contributed by atoms with Crippen LogP contribution in [0.5, 0.6) is 0 Å². The summed E-state index contributed by atoms with van der Waals surface area (Å²) in [7, 11) is 1.70. The molecule has 4 aromatic rings. The van der Waals surface area contributed by atoms with Crippen molar-refractivity contribution >= 4 is 43.4 Å². The lowest BCUT2D eigenvalue weighted by Crippen LogP contribution is -2.33. The van der Waals surface area contributed by atoms with Crippen molar-refractivity contribution in [2.24, 2.45) is 0 Å². The molecule has 0 atom stereocenters. The lowest BCUT2D eigenvalue weighted by Gasteiger charge is -2.18. The van der Waals surface area contributed by atoms with Gasteiger partial charge in [-0.1, -0.05) is 46.3 Å². The van der Waals surface area contributed by atoms with E-state index in [-0.39, 0.29) is 23.8 Å². The van der Waals surface area contributed by atoms with E-state index in [1.165, 1.54) is 34.4 Å². The first-order valence-corrected chi connectivity index (χ1v) is 10.8. The Bertz CT molecular complexity index is 1280. The average Bonchev–Trinajstić information content (AvgIpc) is 3.17. The Labute approximate surface area is 184 Å². The van der Waals surface area contributed by atoms with Gasteiger partial charge in [0, 0.05) is 29.0 Å². The summed E-state index contributed by atoms with van der Waals surface area (Å²) in [5, 5.41) is 2.27. The summed E-state index contributed by atoms with van der Waals surface area (Å²) >= 11 is 4.83. The van der Waals surface area contributed by atoms with E-state index in [4.69, 9.17) is 0 Å². The molecule has 0 radical (unpaired) electrons. The Morgan fingerprint density at radius 1 is 1.20 bits per heavy atom. The largest absolute Gasteiger partial charge is 0.340 e. The van der Waals surface area contributed by atoms with Crippen molar-refractivity contribution in [2.45, 2.75) is 13.1 Å². The molecule has 152 valence electrons. The summed E-state index contributed by atoms with van der Waals surface area (Å²) in [5.74, 6) is -0.542. The SMILES string of the molecule is CN(Cc1ccccc1Br)C(=O)Cn1cnc2scc(-c3ccc(F)cc3)c2c1=O. The minimum Gasteiger partial charge on any atom is -0.340 e. The molecule has 4 rings (SSSR count). The number of benzene rings is 2. The number of fused-ring (bicyclic) bond motifs is 1. The van der Waals surface area contributed by atoms with Crippen LogP contribution >= 0.6 is 27.3 Å². The van der Waals surface area contributed by atoms with Gasteiger partial charge in [-0.15, -0.1) is 11.3 Å². The summed E-state index contributed by atoms with van der Waals surface area (Å²) in [5.41, 5.74) is 2.11. The van der Waals surface area contributed by atoms with E-state index < -0.39 is 0 Å². The van der Waals surface area contributed by atoms with Crippen LogP contribution in [0.15, 0.2) is 69.5 Å². The highest BCUT2D eigenvalue weighted by molar-refractivity contribution is 9.10. The van der Waals surface area contributed by atoms with Crippen molar-refractivity contribution in [3.8, 4) is 11.1 Å². The molecule has 0 aliphatic rings. The van der Waals surface area contributed by atoms with Crippen molar-refractivity contribution in [1.82, 2.24) is 14.5 Å². The molecule has 0 spiro atoms. The first-order chi connectivity index (χ1) is 14.4. The molecule has 0 saturated heterocycles. The monoisotopic (exact) mass is 485 g/mol. The predicted molar refractivity (Wildman–Crippen MR) is 120 cm³/mol. The van der Waals surface area contributed by atoms with E-state index in [0.29, 0.717) is 22.3 Å². The number of amides is 1. The first kappa shape index (κ1) is 20.4. The molecule has 2 heterocycles. The van der Waals surface area contributed by atoms with Crippen LogP contribution in [0.4, 0.5) is 4.39 Å². The number of nitrogens with zero attached hydrogens (tertiary/aromatic N) is 3. The molecule has 0 bridgehead atoms. The summed E-state index contributed by atoms with van der Waals surface area (Å²) in [6.07, 6.45) is 1.40. The van der Waals surface area contributed by atoms with Crippen LogP contribution in [0.25, 0.3) is 21.3 Å². The van der Waals surface area contributed by atoms with Crippen LogP contribution in [-0.2, 0) is 17.9 Å². The first-order valence-electron chi connectivity index (χ1n) is 9.14. The molecular formula is C22H17BrFN3O2S. The number of hydrogen-bond acceptors (Lipinski definition) is 4. The molecule has 1 amide bonds. The summed E-state index contributed by atoms with van der Waals surface area (Å²) in [6.45, 7) is 0.311. The fourth-order valence-electron chi connectivity index (χ4n) is 3.16. The van der Waals surface area contributed by atoms with Gasteiger partial charge in [0.2, 0.25) is 5.91 Å². The van der Waals surface area contributed by atoms with Crippen LogP contribution in [0.1, 0.15) is 5.56 Å². The second-order valence-corrected chi connectivity index (χ2v) is 8.57. The third-order valence-electron chi connectivity index (χ3n) is 4.81. The molecule has 0 saturated carbocycles. The van der Waals surface area contributed by atoms with Crippen LogP contribution in [0, 0.1) is 5.82 Å². The Morgan fingerprint density at radius 3 is 2.67 bits per heavy atom. The molecule has 0 fully saturated rings. The molecule has 2 aromatic heterocycles. The smallest absolute Gasteiger partial charge is 0.263 e. The minimum absolute atomic E-state index is 0.110. The molecule has 30 heavy (non-hydrogen) atoms. The second-order valence-electron chi connectivity index (χ2n) is 6.86. The topological polar surface area (TPSA) is 55.2 Å². The summed E-state index contributed by atoms with van der Waals surface area (Å²) < 4.78 is 15.5. The van der Waals surface area contributed by atoms with Gasteiger partial charge in [-0.2, -0.15) is 0 Å². The number of carbonyl (C=O) groups is 1. The van der Waals surface area contributed by atoms with Gasteiger partial charge in [0.05, 0.1) is 11.7 Å². The Morgan fingerprint density at radius 2 is 1.93 bits per heavy atom. The van der Waals surface area contributed by atoms with Gasteiger partial charge in [-0.3, -0.25) is 14.2 Å². The zero-order chi connectivity index (χ0) is 21.3. The molecule has 0 aliphatic carbocycles. The lowest BCUT2D eigenvalue weighted by atomic mass is 10.1. The van der Waals surface area contributed by atoms with Gasteiger partial charge in [0.15, 0.2) is 0 Å². The van der Waals surface area contributed by atoms with Gasteiger partial charge >= 0.3 is 0 Å². The molecular weight excluding hydrogens is 469 g/mol. The average molecular weight is 486 g/mol. The van der Waals surface area contributed by atoms with Gasteiger partial charge in [-0.25, -0.2) is 9.37 Å². The van der Waals surface area contributed by atoms with Gasteiger partial charge in [0.1, 0.15) is 17.2 Å². The van der Waals surface area contributed by atoms with Crippen LogP contribution in [0.2, 0.25) is 0 Å². The lowest BCUT2D eigenvalue weighted by molar-refractivity contribution is -0.131. The molecule has 8 heteroatoms. The van der Waals surface area contributed by atoms with Crippen LogP contribution in [-0.4, -0.2) is 27.4 Å². The van der Waals surface area contributed by atoms with Crippen molar-refractivity contribution in [1.29, 1.82) is 0 Å². The second kappa shape index (κ2) is 8.49. The maximum Gasteiger partial charge on any atom is 0.263 e. The maximum atomic E-state index is 13.3. The number of likely N-dealkylation sites (N-methyl/N-ethyl adjacent to an activating group) is 1. The van der Waals surface area contributed by atoms with Crippen LogP contribution < -0.4 is 5.56 Å². The number of aromatic nitrogens is 2. The van der Waals surface area contributed by atoms with Gasteiger partial charge in [-0.05, 0) is 29.3 Å². The number of hydrogen-bond donors (Lipinski definition) is 0. The van der Waals surface area contributed by atoms with Crippen molar-refractivity contribution < 1.29 is 9.18 Å². The molecule has 0 unspecified atom stereocenters. The molecule has 0 aliphatic heterocycles. The zero-order valence-electron chi connectivity index (χ0n) is 16.0. The van der Waals surface area contributed by atoms with Crippen LogP contribution in [0.3, 0.4) is 0 Å². The fourth-order valence-corrected chi connectivity index (χ4v) is 4.48. The van der Waals surface area contributed by atoms with E-state index in [1.54, 1.807) is 24.1 Å². The highest BCUT2D eigenvalue weighted by Gasteiger charge is 2.17. The molecule has 0 N–H and O–H groups in total. The highest BCUT2D eigenvalue weighted by atomic mass is 79.9. The molecule has 5 nitrogen and oxygen atoms in total. The van der Waals surface area contributed by atoms with E-state index in [9.17, 15) is 14.0 Å². The van der Waals surface area contributed by atoms with E-state index >= 15 is 0 Å². The Kier molecular flexibility index (Phi) is 5.78. The number of carbonyl (C=O) groups excluding carboxylic acids is 1. The van der Waals surface area contributed by atoms with Crippen molar-refractivity contribution in [3.63, 3.8) is 0 Å².